The van der Waals surface area contributed by atoms with Crippen molar-refractivity contribution in [1.82, 2.24) is 14.7 Å². The van der Waals surface area contributed by atoms with Crippen molar-refractivity contribution < 1.29 is 9.90 Å². The van der Waals surface area contributed by atoms with Crippen LogP contribution in [0.15, 0.2) is 48.5 Å². The Kier molecular flexibility index (Phi) is 6.23. The van der Waals surface area contributed by atoms with Crippen LogP contribution < -0.4 is 0 Å². The lowest BCUT2D eigenvalue weighted by atomic mass is 10.0. The molecule has 2 heterocycles. The zero-order valence-corrected chi connectivity index (χ0v) is 18.6. The topological polar surface area (TPSA) is 58.4 Å². The van der Waals surface area contributed by atoms with Gasteiger partial charge in [0.2, 0.25) is 0 Å². The van der Waals surface area contributed by atoms with Crippen molar-refractivity contribution in [2.45, 2.75) is 59.2 Å². The highest BCUT2D eigenvalue weighted by molar-refractivity contribution is 5.94. The van der Waals surface area contributed by atoms with E-state index < -0.39 is 0 Å². The summed E-state index contributed by atoms with van der Waals surface area (Å²) in [6.45, 7) is 7.49. The Hall–Kier alpha value is -2.92. The van der Waals surface area contributed by atoms with Gasteiger partial charge < -0.3 is 10.0 Å². The van der Waals surface area contributed by atoms with Crippen LogP contribution in [0.25, 0.3) is 11.3 Å². The van der Waals surface area contributed by atoms with E-state index in [4.69, 9.17) is 5.10 Å². The number of rotatable bonds is 7. The van der Waals surface area contributed by atoms with Gasteiger partial charge in [0.05, 0.1) is 18.3 Å². The first-order valence-electron chi connectivity index (χ1n) is 11.1. The fraction of sp³-hybridized carbons (Fsp3) is 0.385. The van der Waals surface area contributed by atoms with Crippen molar-refractivity contribution in [2.24, 2.45) is 0 Å². The lowest BCUT2D eigenvalue weighted by Crippen LogP contribution is -2.42. The van der Waals surface area contributed by atoms with E-state index in [0.717, 1.165) is 47.2 Å². The minimum absolute atomic E-state index is 0.0183. The Morgan fingerprint density at radius 3 is 2.52 bits per heavy atom. The summed E-state index contributed by atoms with van der Waals surface area (Å²) in [7, 11) is 0. The molecule has 1 aromatic heterocycles. The second kappa shape index (κ2) is 9.06. The summed E-state index contributed by atoms with van der Waals surface area (Å²) in [5, 5.41) is 14.7. The first kappa shape index (κ1) is 21.3. The van der Waals surface area contributed by atoms with Crippen molar-refractivity contribution in [1.29, 1.82) is 0 Å². The highest BCUT2D eigenvalue weighted by Crippen LogP contribution is 2.31. The molecule has 0 aliphatic carbocycles. The molecule has 0 saturated heterocycles. The summed E-state index contributed by atoms with van der Waals surface area (Å²) in [4.78, 5) is 15.3. The molecule has 1 atom stereocenters. The molecule has 4 rings (SSSR count). The van der Waals surface area contributed by atoms with E-state index in [-0.39, 0.29) is 18.6 Å². The molecule has 0 bridgehead atoms. The first-order valence-corrected chi connectivity index (χ1v) is 11.1. The largest absolute Gasteiger partial charge is 0.392 e. The molecule has 5 heteroatoms. The van der Waals surface area contributed by atoms with Gasteiger partial charge in [-0.25, -0.2) is 0 Å². The van der Waals surface area contributed by atoms with Crippen molar-refractivity contribution in [2.75, 3.05) is 6.54 Å². The standard InChI is InChI=1S/C26H31N3O2/c1-4-5-6-22-16-28(15-20-10-7-18(2)8-11-20)26(31)25-14-24(27-29(22)25)23-12-9-19(3)13-21(23)17-30/h7-14,22,30H,4-6,15-17H2,1-3H3. The van der Waals surface area contributed by atoms with E-state index in [1.165, 1.54) is 5.56 Å². The number of amides is 1. The van der Waals surface area contributed by atoms with Gasteiger partial charge in [-0.1, -0.05) is 73.4 Å². The van der Waals surface area contributed by atoms with Crippen LogP contribution in [0, 0.1) is 13.8 Å². The summed E-state index contributed by atoms with van der Waals surface area (Å²) in [6, 6.07) is 16.4. The molecule has 0 saturated carbocycles. The highest BCUT2D eigenvalue weighted by Gasteiger charge is 2.33. The number of unbranched alkanes of at least 4 members (excludes halogenated alkanes) is 1. The first-order chi connectivity index (χ1) is 15.0. The maximum Gasteiger partial charge on any atom is 0.272 e. The van der Waals surface area contributed by atoms with Crippen LogP contribution in [-0.4, -0.2) is 32.2 Å². The van der Waals surface area contributed by atoms with Crippen molar-refractivity contribution in [3.63, 3.8) is 0 Å². The van der Waals surface area contributed by atoms with Gasteiger partial charge in [0, 0.05) is 18.7 Å². The number of aromatic nitrogens is 2. The number of carbonyl (C=O) groups excluding carboxylic acids is 1. The fourth-order valence-electron chi connectivity index (χ4n) is 4.35. The van der Waals surface area contributed by atoms with Crippen LogP contribution in [0.1, 0.15) is 65.0 Å². The predicted octanol–water partition coefficient (Wildman–Crippen LogP) is 5.05. The number of nitrogens with zero attached hydrogens (tertiary/aromatic N) is 3. The van der Waals surface area contributed by atoms with Gasteiger partial charge >= 0.3 is 0 Å². The van der Waals surface area contributed by atoms with Gasteiger partial charge in [0.25, 0.3) is 5.91 Å². The lowest BCUT2D eigenvalue weighted by molar-refractivity contribution is 0.0635. The highest BCUT2D eigenvalue weighted by atomic mass is 16.3. The van der Waals surface area contributed by atoms with Gasteiger partial charge in [-0.2, -0.15) is 5.10 Å². The maximum atomic E-state index is 13.4. The summed E-state index contributed by atoms with van der Waals surface area (Å²) >= 11 is 0. The molecule has 31 heavy (non-hydrogen) atoms. The summed E-state index contributed by atoms with van der Waals surface area (Å²) in [5.41, 5.74) is 6.58. The van der Waals surface area contributed by atoms with E-state index in [2.05, 4.69) is 38.1 Å². The molecule has 0 radical (unpaired) electrons. The van der Waals surface area contributed by atoms with Gasteiger partial charge in [-0.15, -0.1) is 0 Å². The van der Waals surface area contributed by atoms with Gasteiger partial charge in [0.15, 0.2) is 0 Å². The number of carbonyl (C=O) groups is 1. The molecule has 1 aliphatic rings. The molecule has 0 fully saturated rings. The van der Waals surface area contributed by atoms with Gasteiger partial charge in [0.1, 0.15) is 5.69 Å². The van der Waals surface area contributed by atoms with E-state index >= 15 is 0 Å². The van der Waals surface area contributed by atoms with E-state index in [9.17, 15) is 9.90 Å². The zero-order chi connectivity index (χ0) is 22.0. The molecular weight excluding hydrogens is 386 g/mol. The van der Waals surface area contributed by atoms with Crippen LogP contribution in [-0.2, 0) is 13.2 Å². The third kappa shape index (κ3) is 4.42. The lowest BCUT2D eigenvalue weighted by Gasteiger charge is -2.33. The van der Waals surface area contributed by atoms with Gasteiger partial charge in [-0.05, 0) is 37.5 Å². The number of fused-ring (bicyclic) bond motifs is 1. The molecular formula is C26H31N3O2. The number of aliphatic hydroxyl groups excluding tert-OH is 1. The SMILES string of the molecule is CCCCC1CN(Cc2ccc(C)cc2)C(=O)c2cc(-c3ccc(C)cc3CO)nn21. The monoisotopic (exact) mass is 417 g/mol. The maximum absolute atomic E-state index is 13.4. The average molecular weight is 418 g/mol. The van der Waals surface area contributed by atoms with E-state index in [1.54, 1.807) is 0 Å². The summed E-state index contributed by atoms with van der Waals surface area (Å²) < 4.78 is 1.93. The quantitative estimate of drug-likeness (QED) is 0.585. The molecule has 3 aromatic rings. The van der Waals surface area contributed by atoms with Crippen molar-refractivity contribution in [3.05, 3.63) is 76.5 Å². The molecule has 2 aromatic carbocycles. The molecule has 1 N–H and O–H groups in total. The number of hydrogen-bond donors (Lipinski definition) is 1. The van der Waals surface area contributed by atoms with Gasteiger partial charge in [-0.3, -0.25) is 9.48 Å². The van der Waals surface area contributed by atoms with Crippen LogP contribution in [0.4, 0.5) is 0 Å². The van der Waals surface area contributed by atoms with E-state index in [0.29, 0.717) is 18.8 Å². The van der Waals surface area contributed by atoms with Crippen LogP contribution in [0.2, 0.25) is 0 Å². The van der Waals surface area contributed by atoms with Crippen molar-refractivity contribution >= 4 is 5.91 Å². The molecule has 0 spiro atoms. The Morgan fingerprint density at radius 2 is 1.81 bits per heavy atom. The Bertz CT molecular complexity index is 1070. The second-order valence-corrected chi connectivity index (χ2v) is 8.65. The fourth-order valence-corrected chi connectivity index (χ4v) is 4.35. The normalized spacial score (nSPS) is 15.9. The third-order valence-corrected chi connectivity index (χ3v) is 6.11. The molecule has 1 amide bonds. The molecule has 1 aliphatic heterocycles. The smallest absolute Gasteiger partial charge is 0.272 e. The van der Waals surface area contributed by atoms with Crippen molar-refractivity contribution in [3.8, 4) is 11.3 Å². The molecule has 162 valence electrons. The van der Waals surface area contributed by atoms with Crippen LogP contribution in [0.3, 0.4) is 0 Å². The second-order valence-electron chi connectivity index (χ2n) is 8.65. The minimum Gasteiger partial charge on any atom is -0.392 e. The number of aryl methyl sites for hydroxylation is 2. The molecule has 5 nitrogen and oxygen atoms in total. The van der Waals surface area contributed by atoms with Crippen LogP contribution in [0.5, 0.6) is 0 Å². The third-order valence-electron chi connectivity index (χ3n) is 6.11. The average Bonchev–Trinajstić information content (AvgIpc) is 3.22. The van der Waals surface area contributed by atoms with E-state index in [1.807, 2.05) is 40.8 Å². The predicted molar refractivity (Wildman–Crippen MR) is 123 cm³/mol. The zero-order valence-electron chi connectivity index (χ0n) is 18.6. The summed E-state index contributed by atoms with van der Waals surface area (Å²) in [5.74, 6) is 0.0183. The van der Waals surface area contributed by atoms with Crippen LogP contribution >= 0.6 is 0 Å². The Morgan fingerprint density at radius 1 is 1.06 bits per heavy atom. The number of benzene rings is 2. The Labute approximate surface area is 184 Å². The Balaban J connectivity index is 1.70. The molecule has 1 unspecified atom stereocenters. The summed E-state index contributed by atoms with van der Waals surface area (Å²) in [6.07, 6.45) is 3.19. The number of hydrogen-bond acceptors (Lipinski definition) is 3. The number of aliphatic hydroxyl groups is 1. The minimum atomic E-state index is -0.0496.